The second-order valence-corrected chi connectivity index (χ2v) is 3.71. The van der Waals surface area contributed by atoms with E-state index in [1.165, 1.54) is 0 Å². The van der Waals surface area contributed by atoms with Crippen LogP contribution in [0.1, 0.15) is 19.8 Å². The standard InChI is InChI=1S/C12H17N3O3/c1-2-6-10(11(13)15-17)14-12(16)18-9-7-4-3-5-8-9/h3-5,7-8,10,17H,2,6H2,1H3,(H2,13,15)(H,14,16). The smallest absolute Gasteiger partial charge is 0.410 e. The molecule has 0 spiro atoms. The summed E-state index contributed by atoms with van der Waals surface area (Å²) in [6.07, 6.45) is 0.720. The Hall–Kier alpha value is -2.24. The molecule has 0 aromatic heterocycles. The Morgan fingerprint density at radius 1 is 1.50 bits per heavy atom. The number of amidine groups is 1. The highest BCUT2D eigenvalue weighted by Crippen LogP contribution is 2.08. The molecule has 6 nitrogen and oxygen atoms in total. The first-order valence-electron chi connectivity index (χ1n) is 5.68. The number of ether oxygens (including phenoxy) is 1. The molecule has 1 unspecified atom stereocenters. The van der Waals surface area contributed by atoms with Crippen molar-refractivity contribution in [1.29, 1.82) is 0 Å². The Morgan fingerprint density at radius 2 is 2.17 bits per heavy atom. The second kappa shape index (κ2) is 7.16. The van der Waals surface area contributed by atoms with Gasteiger partial charge in [0.1, 0.15) is 5.75 Å². The van der Waals surface area contributed by atoms with Crippen LogP contribution in [0.25, 0.3) is 0 Å². The summed E-state index contributed by atoms with van der Waals surface area (Å²) in [4.78, 5) is 11.6. The molecule has 18 heavy (non-hydrogen) atoms. The molecule has 1 atom stereocenters. The minimum Gasteiger partial charge on any atom is -0.410 e. The molecule has 1 rings (SSSR count). The van der Waals surface area contributed by atoms with Crippen LogP contribution in [0.15, 0.2) is 35.5 Å². The van der Waals surface area contributed by atoms with Crippen LogP contribution in [0.2, 0.25) is 0 Å². The van der Waals surface area contributed by atoms with Crippen molar-refractivity contribution in [3.63, 3.8) is 0 Å². The SMILES string of the molecule is CCCC(NC(=O)Oc1ccccc1)/C(N)=N/O. The van der Waals surface area contributed by atoms with Crippen LogP contribution < -0.4 is 15.8 Å². The quantitative estimate of drug-likeness (QED) is 0.321. The molecule has 0 fully saturated rings. The summed E-state index contributed by atoms with van der Waals surface area (Å²) in [5, 5.41) is 14.0. The van der Waals surface area contributed by atoms with Crippen molar-refractivity contribution in [1.82, 2.24) is 5.32 Å². The number of para-hydroxylation sites is 1. The number of hydrogen-bond donors (Lipinski definition) is 3. The third kappa shape index (κ3) is 4.32. The van der Waals surface area contributed by atoms with E-state index < -0.39 is 12.1 Å². The Morgan fingerprint density at radius 3 is 2.72 bits per heavy atom. The number of amides is 1. The van der Waals surface area contributed by atoms with E-state index in [2.05, 4.69) is 10.5 Å². The maximum Gasteiger partial charge on any atom is 0.413 e. The van der Waals surface area contributed by atoms with E-state index in [0.29, 0.717) is 12.2 Å². The summed E-state index contributed by atoms with van der Waals surface area (Å²) < 4.78 is 5.04. The molecular formula is C12H17N3O3. The highest BCUT2D eigenvalue weighted by Gasteiger charge is 2.17. The number of rotatable bonds is 5. The van der Waals surface area contributed by atoms with E-state index in [1.807, 2.05) is 13.0 Å². The van der Waals surface area contributed by atoms with Crippen molar-refractivity contribution in [2.75, 3.05) is 0 Å². The number of carbonyl (C=O) groups is 1. The summed E-state index contributed by atoms with van der Waals surface area (Å²) in [7, 11) is 0. The monoisotopic (exact) mass is 251 g/mol. The summed E-state index contributed by atoms with van der Waals surface area (Å²) in [5.41, 5.74) is 5.47. The average molecular weight is 251 g/mol. The molecule has 98 valence electrons. The molecule has 0 bridgehead atoms. The highest BCUT2D eigenvalue weighted by atomic mass is 16.6. The predicted octanol–water partition coefficient (Wildman–Crippen LogP) is 1.69. The number of hydrogen-bond acceptors (Lipinski definition) is 4. The van der Waals surface area contributed by atoms with Crippen LogP contribution >= 0.6 is 0 Å². The molecule has 4 N–H and O–H groups in total. The fourth-order valence-corrected chi connectivity index (χ4v) is 1.42. The Labute approximate surface area is 105 Å². The molecule has 0 saturated heterocycles. The fourth-order valence-electron chi connectivity index (χ4n) is 1.42. The van der Waals surface area contributed by atoms with Gasteiger partial charge in [-0.1, -0.05) is 36.7 Å². The van der Waals surface area contributed by atoms with Crippen LogP contribution in [0.3, 0.4) is 0 Å². The van der Waals surface area contributed by atoms with E-state index in [9.17, 15) is 4.79 Å². The molecule has 0 aliphatic rings. The zero-order valence-corrected chi connectivity index (χ0v) is 10.2. The zero-order valence-electron chi connectivity index (χ0n) is 10.2. The van der Waals surface area contributed by atoms with Crippen LogP contribution in [0, 0.1) is 0 Å². The molecule has 0 aliphatic heterocycles. The van der Waals surface area contributed by atoms with Gasteiger partial charge in [0.15, 0.2) is 5.84 Å². The van der Waals surface area contributed by atoms with Crippen molar-refractivity contribution < 1.29 is 14.7 Å². The summed E-state index contributed by atoms with van der Waals surface area (Å²) >= 11 is 0. The Bertz CT molecular complexity index is 406. The van der Waals surface area contributed by atoms with Gasteiger partial charge in [-0.2, -0.15) is 0 Å². The molecule has 0 radical (unpaired) electrons. The number of oxime groups is 1. The van der Waals surface area contributed by atoms with Gasteiger partial charge < -0.3 is 21.0 Å². The average Bonchev–Trinajstić information content (AvgIpc) is 2.38. The van der Waals surface area contributed by atoms with Crippen molar-refractivity contribution in [3.8, 4) is 5.75 Å². The highest BCUT2D eigenvalue weighted by molar-refractivity contribution is 5.88. The normalized spacial score (nSPS) is 12.8. The molecule has 1 aromatic rings. The largest absolute Gasteiger partial charge is 0.413 e. The number of carbonyl (C=O) groups excluding carboxylic acids is 1. The van der Waals surface area contributed by atoms with Crippen molar-refractivity contribution in [2.45, 2.75) is 25.8 Å². The zero-order chi connectivity index (χ0) is 13.4. The molecule has 0 aliphatic carbocycles. The second-order valence-electron chi connectivity index (χ2n) is 3.71. The topological polar surface area (TPSA) is 96.9 Å². The van der Waals surface area contributed by atoms with E-state index in [4.69, 9.17) is 15.7 Å². The van der Waals surface area contributed by atoms with Gasteiger partial charge in [-0.3, -0.25) is 0 Å². The van der Waals surface area contributed by atoms with Gasteiger partial charge in [-0.05, 0) is 18.6 Å². The minimum atomic E-state index is -0.633. The number of nitrogens with two attached hydrogens (primary N) is 1. The lowest BCUT2D eigenvalue weighted by atomic mass is 10.1. The van der Waals surface area contributed by atoms with E-state index in [-0.39, 0.29) is 5.84 Å². The maximum atomic E-state index is 11.6. The Kier molecular flexibility index (Phi) is 5.50. The van der Waals surface area contributed by atoms with Crippen molar-refractivity contribution >= 4 is 11.9 Å². The van der Waals surface area contributed by atoms with Crippen LogP contribution in [0.5, 0.6) is 5.75 Å². The van der Waals surface area contributed by atoms with Gasteiger partial charge in [0.05, 0.1) is 6.04 Å². The fraction of sp³-hybridized carbons (Fsp3) is 0.333. The number of benzene rings is 1. The molecular weight excluding hydrogens is 234 g/mol. The van der Waals surface area contributed by atoms with E-state index in [1.54, 1.807) is 24.3 Å². The molecule has 0 heterocycles. The first-order valence-corrected chi connectivity index (χ1v) is 5.68. The molecule has 1 aromatic carbocycles. The Balaban J connectivity index is 2.56. The summed E-state index contributed by atoms with van der Waals surface area (Å²) in [6.45, 7) is 1.93. The van der Waals surface area contributed by atoms with Gasteiger partial charge >= 0.3 is 6.09 Å². The lowest BCUT2D eigenvalue weighted by Crippen LogP contribution is -2.45. The third-order valence-corrected chi connectivity index (χ3v) is 2.30. The van der Waals surface area contributed by atoms with E-state index in [0.717, 1.165) is 6.42 Å². The third-order valence-electron chi connectivity index (χ3n) is 2.30. The molecule has 6 heteroatoms. The minimum absolute atomic E-state index is 0.0399. The van der Waals surface area contributed by atoms with Gasteiger partial charge in [0.2, 0.25) is 0 Å². The van der Waals surface area contributed by atoms with Gasteiger partial charge in [-0.15, -0.1) is 0 Å². The molecule has 0 saturated carbocycles. The lowest BCUT2D eigenvalue weighted by molar-refractivity contribution is 0.198. The summed E-state index contributed by atoms with van der Waals surface area (Å²) in [5.74, 6) is 0.395. The maximum absolute atomic E-state index is 11.6. The van der Waals surface area contributed by atoms with Crippen LogP contribution in [-0.2, 0) is 0 Å². The van der Waals surface area contributed by atoms with Crippen molar-refractivity contribution in [3.05, 3.63) is 30.3 Å². The van der Waals surface area contributed by atoms with E-state index >= 15 is 0 Å². The number of nitrogens with zero attached hydrogens (tertiary/aromatic N) is 1. The molecule has 1 amide bonds. The van der Waals surface area contributed by atoms with Crippen LogP contribution in [0.4, 0.5) is 4.79 Å². The van der Waals surface area contributed by atoms with Crippen LogP contribution in [-0.4, -0.2) is 23.2 Å². The first kappa shape index (κ1) is 13.8. The summed E-state index contributed by atoms with van der Waals surface area (Å²) in [6, 6.07) is 8.14. The predicted molar refractivity (Wildman–Crippen MR) is 67.7 cm³/mol. The first-order chi connectivity index (χ1) is 8.67. The van der Waals surface area contributed by atoms with Gasteiger partial charge in [0, 0.05) is 0 Å². The van der Waals surface area contributed by atoms with Gasteiger partial charge in [-0.25, -0.2) is 4.79 Å². The lowest BCUT2D eigenvalue weighted by Gasteiger charge is -2.16. The number of nitrogens with one attached hydrogen (secondary N) is 1. The van der Waals surface area contributed by atoms with Gasteiger partial charge in [0.25, 0.3) is 0 Å². The van der Waals surface area contributed by atoms with Crippen molar-refractivity contribution in [2.24, 2.45) is 10.9 Å².